The molecule has 1 amide bonds. The largest absolute Gasteiger partial charge is 0.543 e. The molecule has 1 unspecified atom stereocenters. The zero-order valence-electron chi connectivity index (χ0n) is 13.4. The first kappa shape index (κ1) is 19.4. The molecule has 0 heterocycles. The standard InChI is InChI=1S/C13H29NO5Si/c1-6-8-9-10-12(19-13(15)14-11-7-2)20(16-3,17-4)18-5/h12H,6-11H2,1-5H3,(H,14,15). The van der Waals surface area contributed by atoms with Gasteiger partial charge >= 0.3 is 14.9 Å². The van der Waals surface area contributed by atoms with Crippen molar-refractivity contribution in [2.24, 2.45) is 0 Å². The van der Waals surface area contributed by atoms with Crippen LogP contribution in [0.4, 0.5) is 4.79 Å². The Balaban J connectivity index is 4.72. The second-order valence-corrected chi connectivity index (χ2v) is 7.61. The van der Waals surface area contributed by atoms with Crippen LogP contribution in [0.15, 0.2) is 0 Å². The summed E-state index contributed by atoms with van der Waals surface area (Å²) in [4.78, 5) is 11.8. The molecule has 0 bridgehead atoms. The predicted molar refractivity (Wildman–Crippen MR) is 79.5 cm³/mol. The summed E-state index contributed by atoms with van der Waals surface area (Å²) in [5.74, 6) is 0. The summed E-state index contributed by atoms with van der Waals surface area (Å²) >= 11 is 0. The highest BCUT2D eigenvalue weighted by atomic mass is 28.4. The molecule has 0 saturated heterocycles. The number of nitrogens with one attached hydrogen (secondary N) is 1. The van der Waals surface area contributed by atoms with Crippen molar-refractivity contribution in [1.29, 1.82) is 0 Å². The van der Waals surface area contributed by atoms with E-state index in [0.717, 1.165) is 25.7 Å². The molecule has 0 aliphatic carbocycles. The Morgan fingerprint density at radius 1 is 1.05 bits per heavy atom. The Morgan fingerprint density at radius 3 is 2.10 bits per heavy atom. The molecule has 0 aromatic heterocycles. The van der Waals surface area contributed by atoms with Crippen molar-refractivity contribution in [1.82, 2.24) is 5.32 Å². The van der Waals surface area contributed by atoms with Gasteiger partial charge in [0.2, 0.25) is 0 Å². The van der Waals surface area contributed by atoms with E-state index in [0.29, 0.717) is 13.0 Å². The van der Waals surface area contributed by atoms with Crippen molar-refractivity contribution in [3.63, 3.8) is 0 Å². The van der Waals surface area contributed by atoms with Gasteiger partial charge in [-0.1, -0.05) is 26.7 Å². The molecule has 1 atom stereocenters. The third-order valence-corrected chi connectivity index (χ3v) is 5.99. The van der Waals surface area contributed by atoms with Crippen molar-refractivity contribution in [2.75, 3.05) is 27.9 Å². The molecule has 0 rings (SSSR count). The monoisotopic (exact) mass is 307 g/mol. The third kappa shape index (κ3) is 6.21. The molecule has 20 heavy (non-hydrogen) atoms. The maximum Gasteiger partial charge on any atom is 0.543 e. The SMILES string of the molecule is CCCCCC(OC(=O)NCCC)[Si](OC)(OC)OC. The Morgan fingerprint density at radius 2 is 1.65 bits per heavy atom. The van der Waals surface area contributed by atoms with E-state index in [4.69, 9.17) is 18.0 Å². The number of ether oxygens (including phenoxy) is 1. The van der Waals surface area contributed by atoms with E-state index >= 15 is 0 Å². The lowest BCUT2D eigenvalue weighted by Gasteiger charge is -2.31. The number of carbonyl (C=O) groups is 1. The zero-order chi connectivity index (χ0) is 15.4. The number of hydrogen-bond acceptors (Lipinski definition) is 5. The quantitative estimate of drug-likeness (QED) is 0.469. The molecule has 1 N–H and O–H groups in total. The highest BCUT2D eigenvalue weighted by Gasteiger charge is 2.50. The first-order chi connectivity index (χ1) is 9.60. The van der Waals surface area contributed by atoms with Gasteiger partial charge in [-0.3, -0.25) is 0 Å². The molecule has 6 nitrogen and oxygen atoms in total. The summed E-state index contributed by atoms with van der Waals surface area (Å²) < 4.78 is 21.7. The summed E-state index contributed by atoms with van der Waals surface area (Å²) in [6, 6.07) is 0. The fourth-order valence-corrected chi connectivity index (χ4v) is 4.03. The molecule has 0 spiro atoms. The molecule has 0 saturated carbocycles. The Bertz CT molecular complexity index is 253. The average molecular weight is 307 g/mol. The minimum Gasteiger partial charge on any atom is -0.442 e. The topological polar surface area (TPSA) is 66.0 Å². The lowest BCUT2D eigenvalue weighted by molar-refractivity contribution is 0.0385. The van der Waals surface area contributed by atoms with Crippen LogP contribution in [0.5, 0.6) is 0 Å². The lowest BCUT2D eigenvalue weighted by atomic mass is 10.2. The Labute approximate surface area is 123 Å². The second-order valence-electron chi connectivity index (χ2n) is 4.53. The number of amides is 1. The van der Waals surface area contributed by atoms with Crippen molar-refractivity contribution in [2.45, 2.75) is 51.7 Å². The molecule has 0 aromatic rings. The van der Waals surface area contributed by atoms with E-state index in [9.17, 15) is 4.79 Å². The summed E-state index contributed by atoms with van der Waals surface area (Å²) in [5, 5.41) is 2.69. The molecule has 7 heteroatoms. The zero-order valence-corrected chi connectivity index (χ0v) is 14.4. The fraction of sp³-hybridized carbons (Fsp3) is 0.923. The summed E-state index contributed by atoms with van der Waals surface area (Å²) in [5.41, 5.74) is -0.481. The van der Waals surface area contributed by atoms with Gasteiger partial charge in [-0.15, -0.1) is 0 Å². The fourth-order valence-electron chi connectivity index (χ4n) is 1.93. The molecule has 0 aliphatic heterocycles. The Hall–Kier alpha value is -0.633. The van der Waals surface area contributed by atoms with Gasteiger partial charge < -0.3 is 23.3 Å². The molecule has 0 fully saturated rings. The van der Waals surface area contributed by atoms with Gasteiger partial charge in [-0.05, 0) is 19.3 Å². The van der Waals surface area contributed by atoms with E-state index < -0.39 is 20.6 Å². The van der Waals surface area contributed by atoms with Gasteiger partial charge in [0.15, 0.2) is 5.73 Å². The van der Waals surface area contributed by atoms with Gasteiger partial charge in [0, 0.05) is 27.9 Å². The lowest BCUT2D eigenvalue weighted by Crippen LogP contribution is -2.56. The van der Waals surface area contributed by atoms with Crippen LogP contribution in [-0.2, 0) is 18.0 Å². The maximum atomic E-state index is 11.8. The Kier molecular flexibility index (Phi) is 10.7. The van der Waals surface area contributed by atoms with Crippen molar-refractivity contribution >= 4 is 14.9 Å². The van der Waals surface area contributed by atoms with Crippen LogP contribution in [0.1, 0.15) is 46.0 Å². The van der Waals surface area contributed by atoms with E-state index in [2.05, 4.69) is 12.2 Å². The van der Waals surface area contributed by atoms with Gasteiger partial charge in [0.05, 0.1) is 0 Å². The highest BCUT2D eigenvalue weighted by molar-refractivity contribution is 6.62. The van der Waals surface area contributed by atoms with Gasteiger partial charge in [-0.25, -0.2) is 4.79 Å². The molecular weight excluding hydrogens is 278 g/mol. The highest BCUT2D eigenvalue weighted by Crippen LogP contribution is 2.21. The van der Waals surface area contributed by atoms with Crippen LogP contribution >= 0.6 is 0 Å². The summed E-state index contributed by atoms with van der Waals surface area (Å²) in [7, 11) is 1.60. The second kappa shape index (κ2) is 11.1. The molecular formula is C13H29NO5Si. The normalized spacial score (nSPS) is 13.1. The van der Waals surface area contributed by atoms with Crippen LogP contribution < -0.4 is 5.32 Å². The minimum absolute atomic E-state index is 0.448. The van der Waals surface area contributed by atoms with Crippen LogP contribution in [0.3, 0.4) is 0 Å². The van der Waals surface area contributed by atoms with Crippen molar-refractivity contribution in [3.8, 4) is 0 Å². The van der Waals surface area contributed by atoms with E-state index in [1.54, 1.807) is 0 Å². The molecule has 0 aliphatic rings. The van der Waals surface area contributed by atoms with E-state index in [-0.39, 0.29) is 0 Å². The molecule has 0 aromatic carbocycles. The number of rotatable bonds is 11. The van der Waals surface area contributed by atoms with Gasteiger partial charge in [0.25, 0.3) is 0 Å². The number of alkyl carbamates (subject to hydrolysis) is 1. The first-order valence-corrected chi connectivity index (χ1v) is 9.00. The molecule has 0 radical (unpaired) electrons. The number of hydrogen-bond donors (Lipinski definition) is 1. The summed E-state index contributed by atoms with van der Waals surface area (Å²) in [6.07, 6.45) is 4.18. The van der Waals surface area contributed by atoms with Gasteiger partial charge in [-0.2, -0.15) is 0 Å². The van der Waals surface area contributed by atoms with E-state index in [1.165, 1.54) is 21.3 Å². The number of unbranched alkanes of at least 4 members (excludes halogenated alkanes) is 2. The summed E-state index contributed by atoms with van der Waals surface area (Å²) in [6.45, 7) is 4.69. The van der Waals surface area contributed by atoms with Crippen LogP contribution in [0, 0.1) is 0 Å². The number of carbonyl (C=O) groups excluding carboxylic acids is 1. The third-order valence-electron chi connectivity index (χ3n) is 3.09. The van der Waals surface area contributed by atoms with Crippen molar-refractivity contribution < 1.29 is 22.8 Å². The van der Waals surface area contributed by atoms with Crippen LogP contribution in [0.25, 0.3) is 0 Å². The van der Waals surface area contributed by atoms with Crippen molar-refractivity contribution in [3.05, 3.63) is 0 Å². The molecule has 120 valence electrons. The minimum atomic E-state index is -2.98. The average Bonchev–Trinajstić information content (AvgIpc) is 2.47. The van der Waals surface area contributed by atoms with E-state index in [1.807, 2.05) is 6.92 Å². The maximum absolute atomic E-state index is 11.8. The smallest absolute Gasteiger partial charge is 0.442 e. The van der Waals surface area contributed by atoms with Crippen LogP contribution in [-0.4, -0.2) is 48.5 Å². The first-order valence-electron chi connectivity index (χ1n) is 7.20. The predicted octanol–water partition coefficient (Wildman–Crippen LogP) is 2.49. The van der Waals surface area contributed by atoms with Gasteiger partial charge in [0.1, 0.15) is 0 Å². The van der Waals surface area contributed by atoms with Crippen LogP contribution in [0.2, 0.25) is 0 Å².